The van der Waals surface area contributed by atoms with Gasteiger partial charge < -0.3 is 14.7 Å². The molecule has 6 heteroatoms. The number of hydrogen-bond acceptors (Lipinski definition) is 5. The van der Waals surface area contributed by atoms with E-state index in [1.165, 1.54) is 6.07 Å². The van der Waals surface area contributed by atoms with E-state index in [2.05, 4.69) is 4.98 Å². The van der Waals surface area contributed by atoms with Gasteiger partial charge in [-0.25, -0.2) is 0 Å². The van der Waals surface area contributed by atoms with Gasteiger partial charge in [0.1, 0.15) is 11.5 Å². The van der Waals surface area contributed by atoms with Crippen LogP contribution < -0.4 is 4.74 Å². The number of carbonyl (C=O) groups excluding carboxylic acids is 2. The van der Waals surface area contributed by atoms with Gasteiger partial charge in [-0.15, -0.1) is 0 Å². The Morgan fingerprint density at radius 3 is 2.96 bits per heavy atom. The first kappa shape index (κ1) is 18.9. The standard InChI is InChI=1S/C21H24N2O4/c1-15-17(7-5-11-22-15)21(26)23-12-3-2-6-16(23)10-13-27-20-9-4-8-19(25)18(20)14-24/h4-5,7-9,11,14,16,25H,2-3,6,10,12-13H2,1H3/t16-/m0/s1. The molecule has 1 fully saturated rings. The number of aldehydes is 1. The van der Waals surface area contributed by atoms with Gasteiger partial charge in [-0.1, -0.05) is 6.07 Å². The van der Waals surface area contributed by atoms with E-state index in [-0.39, 0.29) is 23.3 Å². The number of amides is 1. The van der Waals surface area contributed by atoms with E-state index in [1.54, 1.807) is 24.4 Å². The predicted molar refractivity (Wildman–Crippen MR) is 101 cm³/mol. The predicted octanol–water partition coefficient (Wildman–Crippen LogP) is 3.37. The third-order valence-electron chi connectivity index (χ3n) is 4.99. The van der Waals surface area contributed by atoms with Crippen LogP contribution >= 0.6 is 0 Å². The molecule has 0 saturated carbocycles. The van der Waals surface area contributed by atoms with Crippen LogP contribution in [-0.4, -0.2) is 46.4 Å². The summed E-state index contributed by atoms with van der Waals surface area (Å²) in [6.07, 6.45) is 5.93. The average Bonchev–Trinajstić information content (AvgIpc) is 2.68. The van der Waals surface area contributed by atoms with Crippen LogP contribution in [0.5, 0.6) is 11.5 Å². The van der Waals surface area contributed by atoms with E-state index in [9.17, 15) is 14.7 Å². The maximum atomic E-state index is 13.0. The molecule has 1 atom stereocenters. The molecule has 2 aromatic rings. The molecule has 1 N–H and O–H groups in total. The zero-order chi connectivity index (χ0) is 19.2. The van der Waals surface area contributed by atoms with E-state index in [0.717, 1.165) is 31.5 Å². The minimum atomic E-state index is -0.0935. The number of carbonyl (C=O) groups is 2. The van der Waals surface area contributed by atoms with Gasteiger partial charge in [0.25, 0.3) is 5.91 Å². The topological polar surface area (TPSA) is 79.7 Å². The van der Waals surface area contributed by atoms with Gasteiger partial charge >= 0.3 is 0 Å². The summed E-state index contributed by atoms with van der Waals surface area (Å²) in [5.74, 6) is 0.280. The first-order valence-corrected chi connectivity index (χ1v) is 9.24. The van der Waals surface area contributed by atoms with Crippen LogP contribution in [0, 0.1) is 6.92 Å². The zero-order valence-corrected chi connectivity index (χ0v) is 15.4. The molecule has 1 aliphatic heterocycles. The molecule has 1 aliphatic rings. The van der Waals surface area contributed by atoms with Crippen LogP contribution in [0.25, 0.3) is 0 Å². The molecule has 1 aromatic heterocycles. The summed E-state index contributed by atoms with van der Waals surface area (Å²) in [4.78, 5) is 30.3. The van der Waals surface area contributed by atoms with Gasteiger partial charge in [-0.3, -0.25) is 14.6 Å². The van der Waals surface area contributed by atoms with Crippen LogP contribution in [-0.2, 0) is 0 Å². The summed E-state index contributed by atoms with van der Waals surface area (Å²) in [5, 5.41) is 9.74. The summed E-state index contributed by atoms with van der Waals surface area (Å²) in [5.41, 5.74) is 1.53. The van der Waals surface area contributed by atoms with Gasteiger partial charge in [0.15, 0.2) is 6.29 Å². The number of ether oxygens (including phenoxy) is 1. The fraction of sp³-hybridized carbons (Fsp3) is 0.381. The monoisotopic (exact) mass is 368 g/mol. The van der Waals surface area contributed by atoms with Crippen molar-refractivity contribution >= 4 is 12.2 Å². The third-order valence-corrected chi connectivity index (χ3v) is 4.99. The van der Waals surface area contributed by atoms with Gasteiger partial charge in [-0.2, -0.15) is 0 Å². The maximum absolute atomic E-state index is 13.0. The quantitative estimate of drug-likeness (QED) is 0.791. The van der Waals surface area contributed by atoms with E-state index >= 15 is 0 Å². The van der Waals surface area contributed by atoms with E-state index in [1.807, 2.05) is 17.9 Å². The van der Waals surface area contributed by atoms with Crippen molar-refractivity contribution in [3.63, 3.8) is 0 Å². The smallest absolute Gasteiger partial charge is 0.255 e. The lowest BCUT2D eigenvalue weighted by Gasteiger charge is -2.36. The second-order valence-corrected chi connectivity index (χ2v) is 6.73. The van der Waals surface area contributed by atoms with Crippen molar-refractivity contribution in [1.82, 2.24) is 9.88 Å². The van der Waals surface area contributed by atoms with E-state index in [0.29, 0.717) is 30.6 Å². The number of likely N-dealkylation sites (tertiary alicyclic amines) is 1. The first-order chi connectivity index (χ1) is 13.1. The lowest BCUT2D eigenvalue weighted by molar-refractivity contribution is 0.0579. The summed E-state index contributed by atoms with van der Waals surface area (Å²) >= 11 is 0. The largest absolute Gasteiger partial charge is 0.507 e. The highest BCUT2D eigenvalue weighted by Gasteiger charge is 2.28. The SMILES string of the molecule is Cc1ncccc1C(=O)N1CCCC[C@H]1CCOc1cccc(O)c1C=O. The van der Waals surface area contributed by atoms with Gasteiger partial charge in [0.05, 0.1) is 17.7 Å². The first-order valence-electron chi connectivity index (χ1n) is 9.24. The minimum absolute atomic E-state index is 0.0104. The third kappa shape index (κ3) is 4.27. The lowest BCUT2D eigenvalue weighted by Crippen LogP contribution is -2.44. The molecule has 1 amide bonds. The summed E-state index contributed by atoms with van der Waals surface area (Å²) in [7, 11) is 0. The molecule has 0 aliphatic carbocycles. The van der Waals surface area contributed by atoms with Crippen molar-refractivity contribution < 1.29 is 19.4 Å². The second kappa shape index (κ2) is 8.66. The van der Waals surface area contributed by atoms with Gasteiger partial charge in [-0.05, 0) is 50.5 Å². The number of benzene rings is 1. The normalized spacial score (nSPS) is 16.8. The van der Waals surface area contributed by atoms with Crippen molar-refractivity contribution in [3.8, 4) is 11.5 Å². The van der Waals surface area contributed by atoms with Crippen molar-refractivity contribution in [1.29, 1.82) is 0 Å². The molecular weight excluding hydrogens is 344 g/mol. The molecule has 2 heterocycles. The number of phenols is 1. The van der Waals surface area contributed by atoms with Crippen LogP contribution in [0.3, 0.4) is 0 Å². The average molecular weight is 368 g/mol. The van der Waals surface area contributed by atoms with Gasteiger partial charge in [0.2, 0.25) is 0 Å². The summed E-state index contributed by atoms with van der Waals surface area (Å²) in [6.45, 7) is 2.94. The molecule has 142 valence electrons. The van der Waals surface area contributed by atoms with Crippen molar-refractivity contribution in [2.45, 2.75) is 38.6 Å². The second-order valence-electron chi connectivity index (χ2n) is 6.73. The fourth-order valence-corrected chi connectivity index (χ4v) is 3.51. The highest BCUT2D eigenvalue weighted by molar-refractivity contribution is 5.95. The minimum Gasteiger partial charge on any atom is -0.507 e. The highest BCUT2D eigenvalue weighted by atomic mass is 16.5. The molecular formula is C21H24N2O4. The number of nitrogens with zero attached hydrogens (tertiary/aromatic N) is 2. The molecule has 27 heavy (non-hydrogen) atoms. The van der Waals surface area contributed by atoms with Crippen LogP contribution in [0.2, 0.25) is 0 Å². The summed E-state index contributed by atoms with van der Waals surface area (Å²) in [6, 6.07) is 8.43. The molecule has 3 rings (SSSR count). The molecule has 0 radical (unpaired) electrons. The molecule has 0 bridgehead atoms. The zero-order valence-electron chi connectivity index (χ0n) is 15.4. The van der Waals surface area contributed by atoms with Crippen LogP contribution in [0.15, 0.2) is 36.5 Å². The number of phenolic OH excluding ortho intramolecular Hbond substituents is 1. The Labute approximate surface area is 158 Å². The number of piperidine rings is 1. The lowest BCUT2D eigenvalue weighted by atomic mass is 9.98. The van der Waals surface area contributed by atoms with E-state index in [4.69, 9.17) is 4.74 Å². The fourth-order valence-electron chi connectivity index (χ4n) is 3.51. The number of pyridine rings is 1. The number of aromatic nitrogens is 1. The van der Waals surface area contributed by atoms with Crippen LogP contribution in [0.1, 0.15) is 52.1 Å². The van der Waals surface area contributed by atoms with E-state index < -0.39 is 0 Å². The number of hydrogen-bond donors (Lipinski definition) is 1. The Hall–Kier alpha value is -2.89. The Balaban J connectivity index is 1.66. The Morgan fingerprint density at radius 2 is 2.19 bits per heavy atom. The number of rotatable bonds is 6. The molecule has 0 unspecified atom stereocenters. The Morgan fingerprint density at radius 1 is 1.33 bits per heavy atom. The van der Waals surface area contributed by atoms with Crippen molar-refractivity contribution in [2.24, 2.45) is 0 Å². The molecule has 1 saturated heterocycles. The Kier molecular flexibility index (Phi) is 6.06. The van der Waals surface area contributed by atoms with Crippen molar-refractivity contribution in [2.75, 3.05) is 13.2 Å². The van der Waals surface area contributed by atoms with Crippen LogP contribution in [0.4, 0.5) is 0 Å². The Bertz CT molecular complexity index is 822. The highest BCUT2D eigenvalue weighted by Crippen LogP contribution is 2.27. The molecule has 1 aromatic carbocycles. The number of aryl methyl sites for hydroxylation is 1. The summed E-state index contributed by atoms with van der Waals surface area (Å²) < 4.78 is 5.73. The van der Waals surface area contributed by atoms with Crippen molar-refractivity contribution in [3.05, 3.63) is 53.3 Å². The number of aromatic hydroxyl groups is 1. The molecule has 0 spiro atoms. The maximum Gasteiger partial charge on any atom is 0.255 e. The molecule has 6 nitrogen and oxygen atoms in total. The van der Waals surface area contributed by atoms with Gasteiger partial charge in [0, 0.05) is 30.9 Å².